The summed E-state index contributed by atoms with van der Waals surface area (Å²) < 4.78 is 15.3. The predicted molar refractivity (Wildman–Crippen MR) is 85.6 cm³/mol. The minimum Gasteiger partial charge on any atom is -0.466 e. The van der Waals surface area contributed by atoms with Crippen molar-refractivity contribution < 1.29 is 23.8 Å². The van der Waals surface area contributed by atoms with Gasteiger partial charge in [-0.05, 0) is 26.2 Å². The van der Waals surface area contributed by atoms with E-state index < -0.39 is 0 Å². The van der Waals surface area contributed by atoms with E-state index in [0.29, 0.717) is 45.3 Å². The van der Waals surface area contributed by atoms with Gasteiger partial charge in [-0.15, -0.1) is 0 Å². The lowest BCUT2D eigenvalue weighted by Gasteiger charge is -2.09. The van der Waals surface area contributed by atoms with Crippen LogP contribution in [0.5, 0.6) is 0 Å². The fraction of sp³-hybridized carbons (Fsp3) is 0.882. The van der Waals surface area contributed by atoms with Gasteiger partial charge >= 0.3 is 11.9 Å². The number of ether oxygens (including phenoxy) is 3. The van der Waals surface area contributed by atoms with E-state index in [9.17, 15) is 9.59 Å². The Bertz CT molecular complexity index is 291. The van der Waals surface area contributed by atoms with E-state index in [4.69, 9.17) is 14.2 Å². The molecular formula is C17H32O5. The Balaban J connectivity index is 3.39. The Hall–Kier alpha value is -1.10. The van der Waals surface area contributed by atoms with Gasteiger partial charge in [0, 0.05) is 26.4 Å². The SMILES string of the molecule is CCCCCCOC(=O)CCCCC(=O)OCCC(C)OC. The second-order valence-corrected chi connectivity index (χ2v) is 5.54. The second kappa shape index (κ2) is 14.8. The summed E-state index contributed by atoms with van der Waals surface area (Å²) in [6.45, 7) is 4.98. The molecule has 0 aromatic rings. The molecule has 0 aromatic heterocycles. The van der Waals surface area contributed by atoms with E-state index in [1.165, 1.54) is 12.8 Å². The van der Waals surface area contributed by atoms with Gasteiger partial charge in [0.2, 0.25) is 0 Å². The molecule has 0 spiro atoms. The zero-order chi connectivity index (χ0) is 16.6. The number of unbranched alkanes of at least 4 members (excludes halogenated alkanes) is 4. The van der Waals surface area contributed by atoms with Crippen molar-refractivity contribution in [1.82, 2.24) is 0 Å². The number of methoxy groups -OCH3 is 1. The molecular weight excluding hydrogens is 284 g/mol. The smallest absolute Gasteiger partial charge is 0.305 e. The number of hydrogen-bond donors (Lipinski definition) is 0. The van der Waals surface area contributed by atoms with Crippen LogP contribution in [-0.4, -0.2) is 38.4 Å². The molecule has 0 aliphatic heterocycles. The molecule has 0 aromatic carbocycles. The first kappa shape index (κ1) is 20.9. The van der Waals surface area contributed by atoms with Gasteiger partial charge in [0.15, 0.2) is 0 Å². The first-order valence-corrected chi connectivity index (χ1v) is 8.44. The van der Waals surface area contributed by atoms with Crippen molar-refractivity contribution in [3.63, 3.8) is 0 Å². The van der Waals surface area contributed by atoms with Crippen LogP contribution in [0.15, 0.2) is 0 Å². The molecule has 0 saturated carbocycles. The first-order chi connectivity index (χ1) is 10.6. The molecule has 22 heavy (non-hydrogen) atoms. The minimum atomic E-state index is -0.212. The van der Waals surface area contributed by atoms with Crippen LogP contribution in [0.1, 0.15) is 71.6 Å². The summed E-state index contributed by atoms with van der Waals surface area (Å²) in [6, 6.07) is 0. The summed E-state index contributed by atoms with van der Waals surface area (Å²) in [6.07, 6.45) is 7.25. The van der Waals surface area contributed by atoms with E-state index in [1.54, 1.807) is 7.11 Å². The molecule has 0 fully saturated rings. The number of rotatable bonds is 14. The van der Waals surface area contributed by atoms with Gasteiger partial charge < -0.3 is 14.2 Å². The van der Waals surface area contributed by atoms with Gasteiger partial charge in [-0.3, -0.25) is 9.59 Å². The zero-order valence-electron chi connectivity index (χ0n) is 14.4. The summed E-state index contributed by atoms with van der Waals surface area (Å²) in [7, 11) is 1.63. The summed E-state index contributed by atoms with van der Waals surface area (Å²) >= 11 is 0. The number of hydrogen-bond acceptors (Lipinski definition) is 5. The molecule has 0 radical (unpaired) electrons. The Morgan fingerprint density at radius 2 is 1.45 bits per heavy atom. The maximum Gasteiger partial charge on any atom is 0.305 e. The molecule has 0 heterocycles. The van der Waals surface area contributed by atoms with Crippen LogP contribution in [0.25, 0.3) is 0 Å². The van der Waals surface area contributed by atoms with Gasteiger partial charge in [0.25, 0.3) is 0 Å². The fourth-order valence-electron chi connectivity index (χ4n) is 1.85. The van der Waals surface area contributed by atoms with Crippen LogP contribution in [0.3, 0.4) is 0 Å². The third kappa shape index (κ3) is 13.9. The van der Waals surface area contributed by atoms with Crippen LogP contribution < -0.4 is 0 Å². The van der Waals surface area contributed by atoms with Gasteiger partial charge in [0.05, 0.1) is 19.3 Å². The van der Waals surface area contributed by atoms with Gasteiger partial charge in [-0.25, -0.2) is 0 Å². The van der Waals surface area contributed by atoms with Crippen molar-refractivity contribution >= 4 is 11.9 Å². The molecule has 130 valence electrons. The Morgan fingerprint density at radius 1 is 0.864 bits per heavy atom. The quantitative estimate of drug-likeness (QED) is 0.362. The third-order valence-electron chi connectivity index (χ3n) is 3.46. The largest absolute Gasteiger partial charge is 0.466 e. The van der Waals surface area contributed by atoms with E-state index >= 15 is 0 Å². The topological polar surface area (TPSA) is 61.8 Å². The minimum absolute atomic E-state index is 0.0971. The van der Waals surface area contributed by atoms with Gasteiger partial charge in [-0.1, -0.05) is 26.2 Å². The highest BCUT2D eigenvalue weighted by Crippen LogP contribution is 2.05. The van der Waals surface area contributed by atoms with E-state index in [2.05, 4.69) is 6.92 Å². The highest BCUT2D eigenvalue weighted by Gasteiger charge is 2.07. The number of carbonyl (C=O) groups is 2. The molecule has 1 unspecified atom stereocenters. The van der Waals surface area contributed by atoms with Crippen LogP contribution >= 0.6 is 0 Å². The van der Waals surface area contributed by atoms with Crippen molar-refractivity contribution in [2.24, 2.45) is 0 Å². The lowest BCUT2D eigenvalue weighted by atomic mass is 10.2. The van der Waals surface area contributed by atoms with E-state index in [1.807, 2.05) is 6.92 Å². The standard InChI is InChI=1S/C17H32O5/c1-4-5-6-9-13-21-16(18)10-7-8-11-17(19)22-14-12-15(2)20-3/h15H,4-14H2,1-3H3. The average molecular weight is 316 g/mol. The molecule has 0 aliphatic carbocycles. The summed E-state index contributed by atoms with van der Waals surface area (Å²) in [5.74, 6) is -0.380. The normalized spacial score (nSPS) is 12.0. The Morgan fingerprint density at radius 3 is 2.00 bits per heavy atom. The molecule has 0 saturated heterocycles. The molecule has 5 nitrogen and oxygen atoms in total. The van der Waals surface area contributed by atoms with Crippen LogP contribution in [0.4, 0.5) is 0 Å². The van der Waals surface area contributed by atoms with Crippen LogP contribution in [0.2, 0.25) is 0 Å². The van der Waals surface area contributed by atoms with Crippen LogP contribution in [0, 0.1) is 0 Å². The molecule has 0 rings (SSSR count). The summed E-state index contributed by atoms with van der Waals surface area (Å²) in [5.41, 5.74) is 0. The van der Waals surface area contributed by atoms with Crippen molar-refractivity contribution in [1.29, 1.82) is 0 Å². The molecule has 0 aliphatic rings. The summed E-state index contributed by atoms with van der Waals surface area (Å²) in [4.78, 5) is 22.9. The molecule has 5 heteroatoms. The maximum atomic E-state index is 11.5. The van der Waals surface area contributed by atoms with Crippen molar-refractivity contribution in [3.8, 4) is 0 Å². The molecule has 0 amide bonds. The Kier molecular flexibility index (Phi) is 14.1. The van der Waals surface area contributed by atoms with E-state index in [-0.39, 0.29) is 18.0 Å². The first-order valence-electron chi connectivity index (χ1n) is 8.44. The highest BCUT2D eigenvalue weighted by atomic mass is 16.5. The Labute approximate surface area is 134 Å². The van der Waals surface area contributed by atoms with Crippen molar-refractivity contribution in [2.75, 3.05) is 20.3 Å². The summed E-state index contributed by atoms with van der Waals surface area (Å²) in [5, 5.41) is 0. The van der Waals surface area contributed by atoms with Crippen molar-refractivity contribution in [2.45, 2.75) is 77.7 Å². The number of esters is 2. The number of carbonyl (C=O) groups excluding carboxylic acids is 2. The van der Waals surface area contributed by atoms with Gasteiger partial charge in [0.1, 0.15) is 0 Å². The predicted octanol–water partition coefficient (Wildman–Crippen LogP) is 3.64. The lowest BCUT2D eigenvalue weighted by molar-refractivity contribution is -0.146. The van der Waals surface area contributed by atoms with Crippen molar-refractivity contribution in [3.05, 3.63) is 0 Å². The molecule has 0 N–H and O–H groups in total. The molecule has 0 bridgehead atoms. The zero-order valence-corrected chi connectivity index (χ0v) is 14.4. The lowest BCUT2D eigenvalue weighted by Crippen LogP contribution is -2.12. The van der Waals surface area contributed by atoms with E-state index in [0.717, 1.165) is 12.8 Å². The molecule has 1 atom stereocenters. The van der Waals surface area contributed by atoms with Crippen LogP contribution in [-0.2, 0) is 23.8 Å². The fourth-order valence-corrected chi connectivity index (χ4v) is 1.85. The monoisotopic (exact) mass is 316 g/mol. The second-order valence-electron chi connectivity index (χ2n) is 5.54. The maximum absolute atomic E-state index is 11.5. The highest BCUT2D eigenvalue weighted by molar-refractivity contribution is 5.70. The third-order valence-corrected chi connectivity index (χ3v) is 3.46. The average Bonchev–Trinajstić information content (AvgIpc) is 2.51. The van der Waals surface area contributed by atoms with Gasteiger partial charge in [-0.2, -0.15) is 0 Å².